The van der Waals surface area contributed by atoms with E-state index in [1.807, 2.05) is 6.26 Å². The number of thioether (sulfide) groups is 1. The second-order valence-electron chi connectivity index (χ2n) is 4.74. The third kappa shape index (κ3) is 5.44. The number of rotatable bonds is 7. The van der Waals surface area contributed by atoms with Gasteiger partial charge >= 0.3 is 0 Å². The Kier molecular flexibility index (Phi) is 6.19. The van der Waals surface area contributed by atoms with Crippen LogP contribution >= 0.6 is 11.8 Å². The highest BCUT2D eigenvalue weighted by Crippen LogP contribution is 2.18. The second-order valence-corrected chi connectivity index (χ2v) is 5.61. The first-order chi connectivity index (χ1) is 8.85. The van der Waals surface area contributed by atoms with Gasteiger partial charge in [-0.3, -0.25) is 0 Å². The number of nitrogens with one attached hydrogen (secondary N) is 1. The van der Waals surface area contributed by atoms with Gasteiger partial charge in [-0.05, 0) is 31.4 Å². The predicted molar refractivity (Wildman–Crippen MR) is 73.2 cm³/mol. The Hall–Kier alpha value is -0.690. The van der Waals surface area contributed by atoms with Crippen LogP contribution in [-0.2, 0) is 0 Å². The molecule has 108 valence electrons. The Bertz CT molecular complexity index is 416. The van der Waals surface area contributed by atoms with Crippen LogP contribution < -0.4 is 5.32 Å². The van der Waals surface area contributed by atoms with Crippen molar-refractivity contribution in [3.05, 3.63) is 35.4 Å². The predicted octanol–water partition coefficient (Wildman–Crippen LogP) is 1.70. The summed E-state index contributed by atoms with van der Waals surface area (Å²) in [6, 6.07) is 2.96. The fraction of sp³-hybridized carbons (Fsp3) is 0.538. The molecule has 6 heteroatoms. The van der Waals surface area contributed by atoms with Gasteiger partial charge < -0.3 is 15.5 Å². The molecule has 3 N–H and O–H groups in total. The van der Waals surface area contributed by atoms with E-state index in [4.69, 9.17) is 0 Å². The van der Waals surface area contributed by atoms with Gasteiger partial charge in [0.2, 0.25) is 0 Å². The number of aliphatic hydroxyl groups excluding tert-OH is 1. The molecule has 2 atom stereocenters. The van der Waals surface area contributed by atoms with Crippen LogP contribution in [0.5, 0.6) is 0 Å². The maximum absolute atomic E-state index is 13.4. The molecule has 0 saturated carbocycles. The van der Waals surface area contributed by atoms with Gasteiger partial charge in [0.1, 0.15) is 11.6 Å². The minimum atomic E-state index is -1.15. The van der Waals surface area contributed by atoms with Crippen molar-refractivity contribution in [2.24, 2.45) is 0 Å². The lowest BCUT2D eigenvalue weighted by atomic mass is 10.1. The van der Waals surface area contributed by atoms with E-state index in [0.29, 0.717) is 5.75 Å². The maximum Gasteiger partial charge on any atom is 0.129 e. The molecular weight excluding hydrogens is 272 g/mol. The normalized spacial score (nSPS) is 16.1. The number of hydrogen-bond acceptors (Lipinski definition) is 4. The van der Waals surface area contributed by atoms with Crippen LogP contribution in [0.1, 0.15) is 18.6 Å². The molecule has 2 unspecified atom stereocenters. The van der Waals surface area contributed by atoms with E-state index in [1.54, 1.807) is 6.92 Å². The molecule has 0 radical (unpaired) electrons. The lowest BCUT2D eigenvalue weighted by Gasteiger charge is -2.23. The number of benzene rings is 1. The zero-order valence-electron chi connectivity index (χ0n) is 11.0. The SMILES string of the molecule is CSCC(C)(O)CNCC(O)c1cc(F)ccc1F. The van der Waals surface area contributed by atoms with Gasteiger partial charge in [-0.2, -0.15) is 11.8 Å². The Morgan fingerprint density at radius 3 is 2.74 bits per heavy atom. The molecule has 0 spiro atoms. The van der Waals surface area contributed by atoms with Crippen molar-refractivity contribution >= 4 is 11.8 Å². The summed E-state index contributed by atoms with van der Waals surface area (Å²) in [7, 11) is 0. The average Bonchev–Trinajstić information content (AvgIpc) is 2.31. The summed E-state index contributed by atoms with van der Waals surface area (Å²) in [4.78, 5) is 0. The van der Waals surface area contributed by atoms with Crippen LogP contribution in [0.3, 0.4) is 0 Å². The van der Waals surface area contributed by atoms with Gasteiger partial charge in [0.05, 0.1) is 11.7 Å². The molecule has 1 aromatic rings. The van der Waals surface area contributed by atoms with E-state index < -0.39 is 23.3 Å². The monoisotopic (exact) mass is 291 g/mol. The Labute approximate surface area is 116 Å². The summed E-state index contributed by atoms with van der Waals surface area (Å²) < 4.78 is 26.4. The molecule has 0 heterocycles. The zero-order chi connectivity index (χ0) is 14.5. The van der Waals surface area contributed by atoms with Crippen LogP contribution in [-0.4, -0.2) is 40.9 Å². The topological polar surface area (TPSA) is 52.5 Å². The molecule has 0 aliphatic heterocycles. The van der Waals surface area contributed by atoms with Gasteiger partial charge in [0, 0.05) is 24.4 Å². The van der Waals surface area contributed by atoms with Crippen molar-refractivity contribution in [1.29, 1.82) is 0 Å². The van der Waals surface area contributed by atoms with E-state index in [9.17, 15) is 19.0 Å². The molecule has 0 bridgehead atoms. The van der Waals surface area contributed by atoms with Crippen LogP contribution in [0.25, 0.3) is 0 Å². The minimum Gasteiger partial charge on any atom is -0.388 e. The number of halogens is 2. The Morgan fingerprint density at radius 2 is 2.11 bits per heavy atom. The van der Waals surface area contributed by atoms with Crippen LogP contribution in [0.4, 0.5) is 8.78 Å². The molecule has 19 heavy (non-hydrogen) atoms. The summed E-state index contributed by atoms with van der Waals surface area (Å²) in [6.07, 6.45) is 0.728. The van der Waals surface area contributed by atoms with E-state index in [1.165, 1.54) is 11.8 Å². The second kappa shape index (κ2) is 7.19. The van der Waals surface area contributed by atoms with Crippen molar-refractivity contribution in [3.63, 3.8) is 0 Å². The summed E-state index contributed by atoms with van der Waals surface area (Å²) >= 11 is 1.51. The van der Waals surface area contributed by atoms with Gasteiger partial charge in [-0.1, -0.05) is 0 Å². The van der Waals surface area contributed by atoms with Crippen LogP contribution in [0, 0.1) is 11.6 Å². The fourth-order valence-electron chi connectivity index (χ4n) is 1.72. The Morgan fingerprint density at radius 1 is 1.42 bits per heavy atom. The summed E-state index contributed by atoms with van der Waals surface area (Å²) in [5.41, 5.74) is -0.989. The molecule has 0 aliphatic rings. The fourth-order valence-corrected chi connectivity index (χ4v) is 2.44. The van der Waals surface area contributed by atoms with Gasteiger partial charge in [-0.25, -0.2) is 8.78 Å². The van der Waals surface area contributed by atoms with E-state index >= 15 is 0 Å². The molecule has 0 aromatic heterocycles. The highest BCUT2D eigenvalue weighted by Gasteiger charge is 2.20. The smallest absolute Gasteiger partial charge is 0.129 e. The van der Waals surface area contributed by atoms with Crippen molar-refractivity contribution < 1.29 is 19.0 Å². The summed E-state index contributed by atoms with van der Waals surface area (Å²) in [5, 5.41) is 22.5. The van der Waals surface area contributed by atoms with E-state index in [-0.39, 0.29) is 18.7 Å². The Balaban J connectivity index is 2.51. The van der Waals surface area contributed by atoms with Gasteiger partial charge in [0.25, 0.3) is 0 Å². The van der Waals surface area contributed by atoms with Crippen molar-refractivity contribution in [3.8, 4) is 0 Å². The quantitative estimate of drug-likeness (QED) is 0.716. The largest absolute Gasteiger partial charge is 0.388 e. The van der Waals surface area contributed by atoms with Crippen LogP contribution in [0.2, 0.25) is 0 Å². The van der Waals surface area contributed by atoms with Crippen LogP contribution in [0.15, 0.2) is 18.2 Å². The molecule has 0 aliphatic carbocycles. The standard InChI is InChI=1S/C13H19F2NO2S/c1-13(18,8-19-2)7-16-6-12(17)10-5-9(14)3-4-11(10)15/h3-5,12,16-18H,6-8H2,1-2H3. The summed E-state index contributed by atoms with van der Waals surface area (Å²) in [5.74, 6) is -0.693. The van der Waals surface area contributed by atoms with Crippen molar-refractivity contribution in [2.45, 2.75) is 18.6 Å². The van der Waals surface area contributed by atoms with Crippen molar-refractivity contribution in [1.82, 2.24) is 5.32 Å². The molecule has 1 rings (SSSR count). The number of aliphatic hydroxyl groups is 2. The minimum absolute atomic E-state index is 0.0465. The van der Waals surface area contributed by atoms with Gasteiger partial charge in [-0.15, -0.1) is 0 Å². The molecule has 0 saturated heterocycles. The highest BCUT2D eigenvalue weighted by atomic mass is 32.2. The number of hydrogen-bond donors (Lipinski definition) is 3. The van der Waals surface area contributed by atoms with Crippen molar-refractivity contribution in [2.75, 3.05) is 25.1 Å². The first-order valence-corrected chi connectivity index (χ1v) is 7.30. The molecular formula is C13H19F2NO2S. The highest BCUT2D eigenvalue weighted by molar-refractivity contribution is 7.98. The first-order valence-electron chi connectivity index (χ1n) is 5.91. The zero-order valence-corrected chi connectivity index (χ0v) is 11.8. The third-order valence-electron chi connectivity index (χ3n) is 2.62. The molecule has 0 amide bonds. The molecule has 1 aromatic carbocycles. The average molecular weight is 291 g/mol. The maximum atomic E-state index is 13.4. The van der Waals surface area contributed by atoms with E-state index in [2.05, 4.69) is 5.32 Å². The lowest BCUT2D eigenvalue weighted by Crippen LogP contribution is -2.41. The lowest BCUT2D eigenvalue weighted by molar-refractivity contribution is 0.0783. The van der Waals surface area contributed by atoms with E-state index in [0.717, 1.165) is 18.2 Å². The van der Waals surface area contributed by atoms with Gasteiger partial charge in [0.15, 0.2) is 0 Å². The molecule has 0 fully saturated rings. The summed E-state index contributed by atoms with van der Waals surface area (Å²) in [6.45, 7) is 1.98. The molecule has 3 nitrogen and oxygen atoms in total. The first kappa shape index (κ1) is 16.4. The third-order valence-corrected chi connectivity index (χ3v) is 3.53.